The zero-order valence-electron chi connectivity index (χ0n) is 15.6. The molecular formula is C15H30NO5PS2. The van der Waals surface area contributed by atoms with E-state index < -0.39 is 24.1 Å². The molecular weight excluding hydrogens is 369 g/mol. The summed E-state index contributed by atoms with van der Waals surface area (Å²) in [6, 6.07) is -0.631. The SMILES string of the molecule is CCOP(=S)(NC(C)C(=O)OC(C)C)OCCSC(=O)C(C)(C)C. The number of esters is 1. The number of thioether (sulfide) groups is 1. The molecule has 0 aliphatic carbocycles. The van der Waals surface area contributed by atoms with Gasteiger partial charge in [-0.05, 0) is 39.5 Å². The molecule has 2 atom stereocenters. The van der Waals surface area contributed by atoms with Crippen LogP contribution in [-0.4, -0.2) is 42.2 Å². The van der Waals surface area contributed by atoms with Crippen molar-refractivity contribution in [2.75, 3.05) is 19.0 Å². The number of rotatable bonds is 10. The summed E-state index contributed by atoms with van der Waals surface area (Å²) in [6.07, 6.45) is -0.201. The Morgan fingerprint density at radius 1 is 1.21 bits per heavy atom. The minimum absolute atomic E-state index is 0.0950. The van der Waals surface area contributed by atoms with Crippen molar-refractivity contribution in [1.82, 2.24) is 5.09 Å². The van der Waals surface area contributed by atoms with Crippen LogP contribution in [-0.2, 0) is 35.2 Å². The van der Waals surface area contributed by atoms with Gasteiger partial charge < -0.3 is 13.8 Å². The Morgan fingerprint density at radius 3 is 2.25 bits per heavy atom. The first-order chi connectivity index (χ1) is 10.9. The summed E-state index contributed by atoms with van der Waals surface area (Å²) in [4.78, 5) is 23.8. The van der Waals surface area contributed by atoms with E-state index in [1.165, 1.54) is 11.8 Å². The average molecular weight is 400 g/mol. The van der Waals surface area contributed by atoms with Gasteiger partial charge >= 0.3 is 5.97 Å². The maximum atomic E-state index is 11.9. The van der Waals surface area contributed by atoms with Crippen LogP contribution in [0.3, 0.4) is 0 Å². The molecule has 0 rings (SSSR count). The first-order valence-electron chi connectivity index (χ1n) is 7.96. The van der Waals surface area contributed by atoms with Crippen molar-refractivity contribution in [2.24, 2.45) is 5.41 Å². The van der Waals surface area contributed by atoms with Crippen LogP contribution in [0.2, 0.25) is 0 Å². The van der Waals surface area contributed by atoms with Crippen LogP contribution in [0.5, 0.6) is 0 Å². The third kappa shape index (κ3) is 10.1. The minimum atomic E-state index is -2.82. The standard InChI is InChI=1S/C15H30NO5PS2/c1-8-19-22(23,16-12(4)13(17)21-11(2)3)20-9-10-24-14(18)15(5,6)7/h11-12H,8-10H2,1-7H3,(H,16,23). The molecule has 0 saturated heterocycles. The number of hydrogen-bond acceptors (Lipinski definition) is 7. The summed E-state index contributed by atoms with van der Waals surface area (Å²) in [5.74, 6) is 0.0773. The summed E-state index contributed by atoms with van der Waals surface area (Å²) >= 11 is 6.62. The van der Waals surface area contributed by atoms with Crippen molar-refractivity contribution in [2.45, 2.75) is 60.6 Å². The van der Waals surface area contributed by atoms with Gasteiger partial charge in [0, 0.05) is 11.2 Å². The van der Waals surface area contributed by atoms with Crippen molar-refractivity contribution in [3.05, 3.63) is 0 Å². The molecule has 0 aromatic rings. The Labute approximate surface area is 155 Å². The minimum Gasteiger partial charge on any atom is -0.462 e. The summed E-state index contributed by atoms with van der Waals surface area (Å²) in [5, 5.41) is 3.03. The second-order valence-corrected chi connectivity index (χ2v) is 10.8. The van der Waals surface area contributed by atoms with Gasteiger partial charge in [-0.3, -0.25) is 9.59 Å². The van der Waals surface area contributed by atoms with E-state index in [1.807, 2.05) is 20.8 Å². The van der Waals surface area contributed by atoms with Gasteiger partial charge in [0.1, 0.15) is 6.04 Å². The molecule has 9 heteroatoms. The van der Waals surface area contributed by atoms with Crippen LogP contribution in [0.15, 0.2) is 0 Å². The second kappa shape index (κ2) is 10.9. The summed E-state index contributed by atoms with van der Waals surface area (Å²) in [5.41, 5.74) is -0.391. The van der Waals surface area contributed by atoms with Crippen LogP contribution in [0.1, 0.15) is 48.5 Å². The van der Waals surface area contributed by atoms with E-state index >= 15 is 0 Å². The average Bonchev–Trinajstić information content (AvgIpc) is 2.41. The Morgan fingerprint density at radius 2 is 1.79 bits per heavy atom. The fourth-order valence-electron chi connectivity index (χ4n) is 1.41. The van der Waals surface area contributed by atoms with Crippen molar-refractivity contribution in [3.8, 4) is 0 Å². The highest BCUT2D eigenvalue weighted by Crippen LogP contribution is 2.44. The van der Waals surface area contributed by atoms with Gasteiger partial charge in [-0.15, -0.1) is 0 Å². The van der Waals surface area contributed by atoms with Crippen molar-refractivity contribution in [3.63, 3.8) is 0 Å². The van der Waals surface area contributed by atoms with Crippen LogP contribution in [0.25, 0.3) is 0 Å². The number of hydrogen-bond donors (Lipinski definition) is 1. The molecule has 0 aromatic carbocycles. The lowest BCUT2D eigenvalue weighted by Gasteiger charge is -2.26. The van der Waals surface area contributed by atoms with E-state index in [1.54, 1.807) is 27.7 Å². The Balaban J connectivity index is 4.52. The van der Waals surface area contributed by atoms with E-state index in [2.05, 4.69) is 5.09 Å². The predicted octanol–water partition coefficient (Wildman–Crippen LogP) is 3.50. The van der Waals surface area contributed by atoms with Crippen LogP contribution in [0, 0.1) is 5.41 Å². The second-order valence-electron chi connectivity index (χ2n) is 6.47. The molecule has 0 aliphatic rings. The Bertz CT molecular complexity index is 465. The molecule has 0 bridgehead atoms. The monoisotopic (exact) mass is 399 g/mol. The topological polar surface area (TPSA) is 73.9 Å². The summed E-state index contributed by atoms with van der Waals surface area (Å²) in [7, 11) is 0. The molecule has 0 heterocycles. The third-order valence-electron chi connectivity index (χ3n) is 2.55. The quantitative estimate of drug-likeness (QED) is 0.340. The molecule has 142 valence electrons. The molecule has 0 amide bonds. The van der Waals surface area contributed by atoms with Crippen molar-refractivity contribution in [1.29, 1.82) is 0 Å². The van der Waals surface area contributed by atoms with Gasteiger partial charge in [0.2, 0.25) is 0 Å². The molecule has 2 unspecified atom stereocenters. The first-order valence-corrected chi connectivity index (χ1v) is 11.6. The molecule has 1 N–H and O–H groups in total. The normalized spacial score (nSPS) is 15.8. The number of carbonyl (C=O) groups is 2. The van der Waals surface area contributed by atoms with E-state index in [0.29, 0.717) is 12.4 Å². The molecule has 0 aliphatic heterocycles. The van der Waals surface area contributed by atoms with Crippen molar-refractivity contribution < 1.29 is 23.4 Å². The van der Waals surface area contributed by atoms with Gasteiger partial charge in [-0.1, -0.05) is 32.5 Å². The van der Waals surface area contributed by atoms with Crippen LogP contribution in [0.4, 0.5) is 0 Å². The molecule has 6 nitrogen and oxygen atoms in total. The largest absolute Gasteiger partial charge is 0.462 e. The van der Waals surface area contributed by atoms with E-state index in [0.717, 1.165) is 0 Å². The lowest BCUT2D eigenvalue weighted by molar-refractivity contribution is -0.149. The molecule has 0 fully saturated rings. The fourth-order valence-corrected chi connectivity index (χ4v) is 4.81. The lowest BCUT2D eigenvalue weighted by Crippen LogP contribution is -2.35. The smallest absolute Gasteiger partial charge is 0.323 e. The first kappa shape index (κ1) is 24.0. The fraction of sp³-hybridized carbons (Fsp3) is 0.867. The Hall–Kier alpha value is 0.0200. The van der Waals surface area contributed by atoms with Crippen LogP contribution >= 0.6 is 18.4 Å². The van der Waals surface area contributed by atoms with E-state index in [-0.39, 0.29) is 17.8 Å². The highest BCUT2D eigenvalue weighted by atomic mass is 32.5. The van der Waals surface area contributed by atoms with Gasteiger partial charge in [0.25, 0.3) is 6.64 Å². The molecule has 0 radical (unpaired) electrons. The zero-order chi connectivity index (χ0) is 19.0. The predicted molar refractivity (Wildman–Crippen MR) is 103 cm³/mol. The molecule has 0 spiro atoms. The van der Waals surface area contributed by atoms with Crippen LogP contribution < -0.4 is 5.09 Å². The van der Waals surface area contributed by atoms with E-state index in [9.17, 15) is 9.59 Å². The highest BCUT2D eigenvalue weighted by molar-refractivity contribution is 8.13. The highest BCUT2D eigenvalue weighted by Gasteiger charge is 2.27. The third-order valence-corrected chi connectivity index (χ3v) is 6.56. The summed E-state index contributed by atoms with van der Waals surface area (Å²) in [6.45, 7) is 10.5. The van der Waals surface area contributed by atoms with Gasteiger partial charge in [-0.25, -0.2) is 5.09 Å². The maximum absolute atomic E-state index is 11.9. The maximum Gasteiger partial charge on any atom is 0.323 e. The molecule has 24 heavy (non-hydrogen) atoms. The zero-order valence-corrected chi connectivity index (χ0v) is 18.1. The molecule has 0 aromatic heterocycles. The number of nitrogens with one attached hydrogen (secondary N) is 1. The number of ether oxygens (including phenoxy) is 1. The van der Waals surface area contributed by atoms with Gasteiger partial charge in [-0.2, -0.15) is 0 Å². The van der Waals surface area contributed by atoms with Crippen molar-refractivity contribution >= 4 is 41.3 Å². The van der Waals surface area contributed by atoms with Gasteiger partial charge in [0.15, 0.2) is 5.12 Å². The summed E-state index contributed by atoms with van der Waals surface area (Å²) < 4.78 is 16.3. The van der Waals surface area contributed by atoms with E-state index in [4.69, 9.17) is 25.6 Å². The Kier molecular flexibility index (Phi) is 10.9. The number of carbonyl (C=O) groups excluding carboxylic acids is 2. The lowest BCUT2D eigenvalue weighted by atomic mass is 10.00. The van der Waals surface area contributed by atoms with Gasteiger partial charge in [0.05, 0.1) is 19.3 Å². The molecule has 0 saturated carbocycles.